The zero-order valence-corrected chi connectivity index (χ0v) is 14.7. The Morgan fingerprint density at radius 1 is 1.19 bits per heavy atom. The maximum atomic E-state index is 12.8. The molecule has 4 rings (SSSR count). The van der Waals surface area contributed by atoms with E-state index in [9.17, 15) is 9.59 Å². The fourth-order valence-corrected chi connectivity index (χ4v) is 3.33. The van der Waals surface area contributed by atoms with Gasteiger partial charge in [-0.25, -0.2) is 0 Å². The van der Waals surface area contributed by atoms with Gasteiger partial charge in [-0.3, -0.25) is 14.7 Å². The van der Waals surface area contributed by atoms with Gasteiger partial charge in [0, 0.05) is 17.6 Å². The average Bonchev–Trinajstić information content (AvgIpc) is 3.22. The van der Waals surface area contributed by atoms with Crippen LogP contribution in [0.3, 0.4) is 0 Å². The summed E-state index contributed by atoms with van der Waals surface area (Å²) in [6.45, 7) is 4.66. The highest BCUT2D eigenvalue weighted by Gasteiger charge is 2.34. The van der Waals surface area contributed by atoms with Crippen LogP contribution < -0.4 is 10.2 Å². The number of benzene rings is 2. The van der Waals surface area contributed by atoms with Crippen molar-refractivity contribution in [2.75, 3.05) is 11.4 Å². The molecule has 1 atom stereocenters. The first-order valence-electron chi connectivity index (χ1n) is 8.67. The number of amides is 2. The zero-order chi connectivity index (χ0) is 18.3. The molecule has 132 valence electrons. The van der Waals surface area contributed by atoms with E-state index in [2.05, 4.69) is 15.5 Å². The van der Waals surface area contributed by atoms with Crippen LogP contribution >= 0.6 is 0 Å². The molecule has 2 amide bonds. The van der Waals surface area contributed by atoms with E-state index in [4.69, 9.17) is 0 Å². The van der Waals surface area contributed by atoms with Gasteiger partial charge >= 0.3 is 0 Å². The minimum Gasteiger partial charge on any atom is -0.339 e. The number of aromatic nitrogens is 2. The molecule has 2 N–H and O–H groups in total. The molecule has 1 aliphatic rings. The van der Waals surface area contributed by atoms with Crippen LogP contribution in [0, 0.1) is 13.8 Å². The summed E-state index contributed by atoms with van der Waals surface area (Å²) in [4.78, 5) is 27.1. The van der Waals surface area contributed by atoms with Crippen molar-refractivity contribution in [3.05, 3.63) is 59.3 Å². The zero-order valence-electron chi connectivity index (χ0n) is 14.7. The molecule has 0 radical (unpaired) electrons. The lowest BCUT2D eigenvalue weighted by Crippen LogP contribution is -2.41. The smallest absolute Gasteiger partial charge is 0.273 e. The SMILES string of the molecule is Cc1ccc(N2CCC(NC(=O)c3n[nH]c4ccccc34)C2=O)cc1C. The topological polar surface area (TPSA) is 78.1 Å². The van der Waals surface area contributed by atoms with Crippen molar-refractivity contribution in [3.8, 4) is 0 Å². The van der Waals surface area contributed by atoms with Gasteiger partial charge in [-0.1, -0.05) is 24.3 Å². The number of nitrogens with zero attached hydrogens (tertiary/aromatic N) is 2. The predicted molar refractivity (Wildman–Crippen MR) is 100 cm³/mol. The van der Waals surface area contributed by atoms with Crippen LogP contribution in [0.25, 0.3) is 10.9 Å². The molecule has 26 heavy (non-hydrogen) atoms. The van der Waals surface area contributed by atoms with Crippen molar-refractivity contribution < 1.29 is 9.59 Å². The second-order valence-electron chi connectivity index (χ2n) is 6.69. The van der Waals surface area contributed by atoms with E-state index in [1.165, 1.54) is 5.56 Å². The van der Waals surface area contributed by atoms with E-state index in [0.29, 0.717) is 18.7 Å². The number of carbonyl (C=O) groups excluding carboxylic acids is 2. The number of rotatable bonds is 3. The molecule has 1 aromatic heterocycles. The van der Waals surface area contributed by atoms with Crippen LogP contribution in [0.1, 0.15) is 28.0 Å². The van der Waals surface area contributed by atoms with Gasteiger partial charge in [-0.2, -0.15) is 5.10 Å². The number of para-hydroxylation sites is 1. The second kappa shape index (κ2) is 6.29. The molecule has 0 saturated carbocycles. The Kier molecular flexibility index (Phi) is 3.95. The Morgan fingerprint density at radius 2 is 2.00 bits per heavy atom. The summed E-state index contributed by atoms with van der Waals surface area (Å²) < 4.78 is 0. The molecule has 1 unspecified atom stereocenters. The first-order chi connectivity index (χ1) is 12.5. The van der Waals surface area contributed by atoms with E-state index in [1.807, 2.05) is 56.3 Å². The fourth-order valence-electron chi connectivity index (χ4n) is 3.33. The van der Waals surface area contributed by atoms with Gasteiger partial charge in [0.15, 0.2) is 5.69 Å². The molecule has 6 heteroatoms. The molecule has 0 bridgehead atoms. The van der Waals surface area contributed by atoms with E-state index in [-0.39, 0.29) is 11.8 Å². The van der Waals surface area contributed by atoms with Gasteiger partial charge in [-0.05, 0) is 49.6 Å². The first kappa shape index (κ1) is 16.3. The first-order valence-corrected chi connectivity index (χ1v) is 8.67. The third-order valence-electron chi connectivity index (χ3n) is 5.00. The number of nitrogens with one attached hydrogen (secondary N) is 2. The summed E-state index contributed by atoms with van der Waals surface area (Å²) in [5.41, 5.74) is 4.33. The molecular weight excluding hydrogens is 328 g/mol. The standard InChI is InChI=1S/C20H20N4O2/c1-12-7-8-14(11-13(12)2)24-10-9-17(20(24)26)21-19(25)18-15-5-3-4-6-16(15)22-23-18/h3-8,11,17H,9-10H2,1-2H3,(H,21,25)(H,22,23). The lowest BCUT2D eigenvalue weighted by molar-refractivity contribution is -0.118. The highest BCUT2D eigenvalue weighted by Crippen LogP contribution is 2.24. The van der Waals surface area contributed by atoms with Crippen molar-refractivity contribution in [1.82, 2.24) is 15.5 Å². The number of anilines is 1. The number of carbonyl (C=O) groups is 2. The number of fused-ring (bicyclic) bond motifs is 1. The van der Waals surface area contributed by atoms with Crippen LogP contribution in [-0.2, 0) is 4.79 Å². The maximum absolute atomic E-state index is 12.8. The van der Waals surface area contributed by atoms with Crippen LogP contribution in [0.15, 0.2) is 42.5 Å². The number of aryl methyl sites for hydroxylation is 2. The molecule has 2 aromatic carbocycles. The lowest BCUT2D eigenvalue weighted by atomic mass is 10.1. The van der Waals surface area contributed by atoms with Crippen LogP contribution in [0.5, 0.6) is 0 Å². The number of H-pyrrole nitrogens is 1. The molecule has 1 fully saturated rings. The van der Waals surface area contributed by atoms with E-state index < -0.39 is 6.04 Å². The number of aromatic amines is 1. The van der Waals surface area contributed by atoms with Crippen molar-refractivity contribution in [1.29, 1.82) is 0 Å². The fraction of sp³-hybridized carbons (Fsp3) is 0.250. The summed E-state index contributed by atoms with van der Waals surface area (Å²) in [5, 5.41) is 10.5. The molecule has 0 aliphatic carbocycles. The average molecular weight is 348 g/mol. The maximum Gasteiger partial charge on any atom is 0.273 e. The Balaban J connectivity index is 1.51. The molecular formula is C20H20N4O2. The van der Waals surface area contributed by atoms with Gasteiger partial charge in [-0.15, -0.1) is 0 Å². The van der Waals surface area contributed by atoms with E-state index in [1.54, 1.807) is 4.90 Å². The van der Waals surface area contributed by atoms with Crippen molar-refractivity contribution in [2.45, 2.75) is 26.3 Å². The van der Waals surface area contributed by atoms with Crippen LogP contribution in [0.4, 0.5) is 5.69 Å². The number of hydrogen-bond donors (Lipinski definition) is 2. The quantitative estimate of drug-likeness (QED) is 0.764. The van der Waals surface area contributed by atoms with Crippen molar-refractivity contribution in [3.63, 3.8) is 0 Å². The van der Waals surface area contributed by atoms with Crippen molar-refractivity contribution >= 4 is 28.4 Å². The Bertz CT molecular complexity index is 1010. The summed E-state index contributed by atoms with van der Waals surface area (Å²) in [6.07, 6.45) is 0.583. The molecule has 6 nitrogen and oxygen atoms in total. The third-order valence-corrected chi connectivity index (χ3v) is 5.00. The lowest BCUT2D eigenvalue weighted by Gasteiger charge is -2.18. The second-order valence-corrected chi connectivity index (χ2v) is 6.69. The van der Waals surface area contributed by atoms with E-state index in [0.717, 1.165) is 22.2 Å². The normalized spacial score (nSPS) is 17.1. The van der Waals surface area contributed by atoms with Gasteiger partial charge in [0.1, 0.15) is 6.04 Å². The van der Waals surface area contributed by atoms with Gasteiger partial charge in [0.2, 0.25) is 5.91 Å². The highest BCUT2D eigenvalue weighted by atomic mass is 16.2. The highest BCUT2D eigenvalue weighted by molar-refractivity contribution is 6.08. The minimum absolute atomic E-state index is 0.0820. The molecule has 2 heterocycles. The summed E-state index contributed by atoms with van der Waals surface area (Å²) in [7, 11) is 0. The summed E-state index contributed by atoms with van der Waals surface area (Å²) in [5.74, 6) is -0.413. The van der Waals surface area contributed by atoms with Crippen LogP contribution in [-0.4, -0.2) is 34.6 Å². The molecule has 0 spiro atoms. The third kappa shape index (κ3) is 2.73. The molecule has 1 saturated heterocycles. The largest absolute Gasteiger partial charge is 0.339 e. The van der Waals surface area contributed by atoms with Gasteiger partial charge in [0.05, 0.1) is 5.52 Å². The van der Waals surface area contributed by atoms with Gasteiger partial charge < -0.3 is 10.2 Å². The number of hydrogen-bond acceptors (Lipinski definition) is 3. The Morgan fingerprint density at radius 3 is 2.81 bits per heavy atom. The van der Waals surface area contributed by atoms with E-state index >= 15 is 0 Å². The monoisotopic (exact) mass is 348 g/mol. The predicted octanol–water partition coefficient (Wildman–Crippen LogP) is 2.72. The molecule has 3 aromatic rings. The van der Waals surface area contributed by atoms with Crippen molar-refractivity contribution in [2.24, 2.45) is 0 Å². The van der Waals surface area contributed by atoms with Gasteiger partial charge in [0.25, 0.3) is 5.91 Å². The Hall–Kier alpha value is -3.15. The summed E-state index contributed by atoms with van der Waals surface area (Å²) in [6, 6.07) is 12.9. The molecule has 1 aliphatic heterocycles. The minimum atomic E-state index is -0.528. The van der Waals surface area contributed by atoms with Crippen LogP contribution in [0.2, 0.25) is 0 Å². The Labute approximate surface area is 151 Å². The summed E-state index contributed by atoms with van der Waals surface area (Å²) >= 11 is 0.